The first-order valence-electron chi connectivity index (χ1n) is 16.0. The molecule has 0 aliphatic carbocycles. The average molecular weight is 635 g/mol. The number of nitrogens with zero attached hydrogens (tertiary/aromatic N) is 1. The van der Waals surface area contributed by atoms with Crippen molar-refractivity contribution in [3.05, 3.63) is 78.4 Å². The molecule has 0 heterocycles. The number of carbonyl (C=O) groups excluding carboxylic acids is 2. The third kappa shape index (κ3) is 22.7. The van der Waals surface area contributed by atoms with Crippen molar-refractivity contribution in [2.45, 2.75) is 90.4 Å². The molecule has 1 aromatic carbocycles. The fraction of sp³-hybridized carbons (Fsp3) is 0.556. The molecule has 0 aliphatic heterocycles. The van der Waals surface area contributed by atoms with Crippen LogP contribution in [0.1, 0.15) is 89.5 Å². The quantitative estimate of drug-likeness (QED) is 0.0440. The number of anilines is 1. The van der Waals surface area contributed by atoms with E-state index in [0.29, 0.717) is 31.0 Å². The van der Waals surface area contributed by atoms with Crippen molar-refractivity contribution in [1.82, 2.24) is 0 Å². The number of ether oxygens (including phenoxy) is 2. The predicted octanol–water partition coefficient (Wildman–Crippen LogP) is 9.53. The molecule has 1 rings (SSSR count). The van der Waals surface area contributed by atoms with Gasteiger partial charge in [-0.1, -0.05) is 80.5 Å². The zero-order valence-corrected chi connectivity index (χ0v) is 27.7. The summed E-state index contributed by atoms with van der Waals surface area (Å²) in [4.78, 5) is 26.0. The second kappa shape index (κ2) is 28.3. The molecule has 0 amide bonds. The van der Waals surface area contributed by atoms with Gasteiger partial charge in [0.1, 0.15) is 13.2 Å². The summed E-state index contributed by atoms with van der Waals surface area (Å²) in [6.07, 6.45) is 29.2. The second-order valence-electron chi connectivity index (χ2n) is 10.3. The summed E-state index contributed by atoms with van der Waals surface area (Å²) in [5.74, 6) is 0.564. The molecule has 0 N–H and O–H groups in total. The zero-order chi connectivity index (χ0) is 31.2. The minimum absolute atomic E-state index is 0.0907. The van der Waals surface area contributed by atoms with Gasteiger partial charge in [-0.25, -0.2) is 0 Å². The van der Waals surface area contributed by atoms with Crippen LogP contribution < -0.4 is 4.90 Å². The van der Waals surface area contributed by atoms with E-state index < -0.39 is 0 Å². The van der Waals surface area contributed by atoms with Crippen LogP contribution in [0, 0.1) is 0 Å². The van der Waals surface area contributed by atoms with Crippen LogP contribution in [0.4, 0.5) is 5.69 Å². The fourth-order valence-electron chi connectivity index (χ4n) is 4.26. The van der Waals surface area contributed by atoms with E-state index in [1.165, 1.54) is 25.7 Å². The average Bonchev–Trinajstić information content (AvgIpc) is 3.01. The lowest BCUT2D eigenvalue weighted by Gasteiger charge is -2.23. The number of unbranched alkanes of at least 4 members (excludes halogenated alkanes) is 4. The molecule has 1 aromatic rings. The lowest BCUT2D eigenvalue weighted by atomic mass is 10.1. The van der Waals surface area contributed by atoms with Crippen LogP contribution in [0.5, 0.6) is 0 Å². The molecule has 0 bridgehead atoms. The van der Waals surface area contributed by atoms with E-state index in [0.717, 1.165) is 62.9 Å². The Bertz CT molecular complexity index is 951. The molecule has 0 aromatic heterocycles. The van der Waals surface area contributed by atoms with Crippen molar-refractivity contribution in [3.63, 3.8) is 0 Å². The SMILES string of the molecule is CCCCC/C=C/C/C=C/C/C=C/C/C=C/CCCC(=O)OCCOC(=O)CCCc1ccc(N(CCCl)CCCl)cc1. The molecular formula is C36H53Cl2NO4. The van der Waals surface area contributed by atoms with Crippen LogP contribution in [-0.2, 0) is 25.5 Å². The minimum atomic E-state index is -0.274. The molecule has 7 heteroatoms. The highest BCUT2D eigenvalue weighted by molar-refractivity contribution is 6.18. The Kier molecular flexibility index (Phi) is 25.3. The summed E-state index contributed by atoms with van der Waals surface area (Å²) in [5, 5.41) is 0. The van der Waals surface area contributed by atoms with E-state index in [-0.39, 0.29) is 25.2 Å². The highest BCUT2D eigenvalue weighted by Crippen LogP contribution is 2.17. The number of rotatable bonds is 26. The molecule has 0 aliphatic rings. The Hall–Kier alpha value is -2.50. The van der Waals surface area contributed by atoms with Crippen molar-refractivity contribution in [2.24, 2.45) is 0 Å². The molecule has 0 atom stereocenters. The molecule has 0 saturated heterocycles. The summed E-state index contributed by atoms with van der Waals surface area (Å²) >= 11 is 11.8. The Morgan fingerprint density at radius 3 is 1.67 bits per heavy atom. The van der Waals surface area contributed by atoms with Gasteiger partial charge < -0.3 is 14.4 Å². The molecular weight excluding hydrogens is 581 g/mol. The van der Waals surface area contributed by atoms with E-state index in [1.807, 2.05) is 0 Å². The monoisotopic (exact) mass is 633 g/mol. The highest BCUT2D eigenvalue weighted by Gasteiger charge is 2.07. The van der Waals surface area contributed by atoms with Crippen molar-refractivity contribution in [1.29, 1.82) is 0 Å². The topological polar surface area (TPSA) is 55.8 Å². The van der Waals surface area contributed by atoms with E-state index in [4.69, 9.17) is 32.7 Å². The van der Waals surface area contributed by atoms with Gasteiger partial charge in [0.25, 0.3) is 0 Å². The van der Waals surface area contributed by atoms with Gasteiger partial charge in [0, 0.05) is 43.4 Å². The maximum Gasteiger partial charge on any atom is 0.305 e. The maximum atomic E-state index is 12.0. The second-order valence-corrected chi connectivity index (χ2v) is 11.1. The van der Waals surface area contributed by atoms with E-state index in [1.54, 1.807) is 0 Å². The maximum absolute atomic E-state index is 12.0. The van der Waals surface area contributed by atoms with Crippen LogP contribution in [0.2, 0.25) is 0 Å². The van der Waals surface area contributed by atoms with Gasteiger partial charge >= 0.3 is 11.9 Å². The van der Waals surface area contributed by atoms with Crippen molar-refractivity contribution in [2.75, 3.05) is 43.0 Å². The molecule has 0 spiro atoms. The molecule has 43 heavy (non-hydrogen) atoms. The number of hydrogen-bond donors (Lipinski definition) is 0. The van der Waals surface area contributed by atoms with Crippen LogP contribution >= 0.6 is 23.2 Å². The zero-order valence-electron chi connectivity index (χ0n) is 26.2. The van der Waals surface area contributed by atoms with Gasteiger partial charge in [0.2, 0.25) is 0 Å². The van der Waals surface area contributed by atoms with Gasteiger partial charge in [-0.15, -0.1) is 23.2 Å². The third-order valence-electron chi connectivity index (χ3n) is 6.68. The summed E-state index contributed by atoms with van der Waals surface area (Å²) in [5.41, 5.74) is 2.25. The van der Waals surface area contributed by atoms with E-state index in [2.05, 4.69) is 84.7 Å². The molecule has 0 fully saturated rings. The van der Waals surface area contributed by atoms with Gasteiger partial charge in [-0.3, -0.25) is 9.59 Å². The Morgan fingerprint density at radius 2 is 1.16 bits per heavy atom. The molecule has 5 nitrogen and oxygen atoms in total. The third-order valence-corrected chi connectivity index (χ3v) is 7.01. The Balaban J connectivity index is 2.01. The normalized spacial score (nSPS) is 11.8. The lowest BCUT2D eigenvalue weighted by molar-refractivity contribution is -0.152. The van der Waals surface area contributed by atoms with Crippen LogP contribution in [0.3, 0.4) is 0 Å². The number of alkyl halides is 2. The van der Waals surface area contributed by atoms with Crippen LogP contribution in [0.15, 0.2) is 72.9 Å². The van der Waals surface area contributed by atoms with Gasteiger partial charge in [-0.2, -0.15) is 0 Å². The fourth-order valence-corrected chi connectivity index (χ4v) is 4.67. The van der Waals surface area contributed by atoms with Crippen molar-refractivity contribution >= 4 is 40.8 Å². The first-order chi connectivity index (χ1) is 21.1. The highest BCUT2D eigenvalue weighted by atomic mass is 35.5. The molecule has 0 saturated carbocycles. The first kappa shape index (κ1) is 38.5. The number of benzene rings is 1. The summed E-state index contributed by atoms with van der Waals surface area (Å²) in [7, 11) is 0. The molecule has 240 valence electrons. The lowest BCUT2D eigenvalue weighted by Crippen LogP contribution is -2.27. The summed E-state index contributed by atoms with van der Waals surface area (Å²) < 4.78 is 10.4. The van der Waals surface area contributed by atoms with Crippen LogP contribution in [-0.4, -0.2) is 50.0 Å². The largest absolute Gasteiger partial charge is 0.462 e. The van der Waals surface area contributed by atoms with E-state index in [9.17, 15) is 9.59 Å². The number of hydrogen-bond acceptors (Lipinski definition) is 5. The number of halogens is 2. The van der Waals surface area contributed by atoms with E-state index >= 15 is 0 Å². The van der Waals surface area contributed by atoms with Crippen molar-refractivity contribution < 1.29 is 19.1 Å². The minimum Gasteiger partial charge on any atom is -0.462 e. The molecule has 0 unspecified atom stereocenters. The van der Waals surface area contributed by atoms with Gasteiger partial charge in [-0.05, 0) is 75.5 Å². The molecule has 0 radical (unpaired) electrons. The Labute approximate surface area is 271 Å². The Morgan fingerprint density at radius 1 is 0.674 bits per heavy atom. The van der Waals surface area contributed by atoms with Crippen molar-refractivity contribution in [3.8, 4) is 0 Å². The number of aryl methyl sites for hydroxylation is 1. The number of esters is 2. The van der Waals surface area contributed by atoms with Gasteiger partial charge in [0.15, 0.2) is 0 Å². The standard InChI is InChI=1S/C36H53Cl2NO4/c1-2-3-4-5-6-7-8-9-10-11-12-13-14-15-16-17-18-21-35(40)42-31-32-43-36(41)22-19-20-33-23-25-34(26-24-33)39(29-27-37)30-28-38/h6-7,9-10,12-13,15-16,23-26H,2-5,8,11,14,17-22,27-32H2,1H3/b7-6+,10-9+,13-12+,16-15+. The number of allylic oxidation sites excluding steroid dienone is 8. The van der Waals surface area contributed by atoms with Crippen LogP contribution in [0.25, 0.3) is 0 Å². The van der Waals surface area contributed by atoms with Gasteiger partial charge in [0.05, 0.1) is 0 Å². The smallest absolute Gasteiger partial charge is 0.305 e. The number of carbonyl (C=O) groups is 2. The first-order valence-corrected chi connectivity index (χ1v) is 17.0. The summed E-state index contributed by atoms with van der Waals surface area (Å²) in [6.45, 7) is 3.92. The predicted molar refractivity (Wildman–Crippen MR) is 183 cm³/mol. The summed E-state index contributed by atoms with van der Waals surface area (Å²) in [6, 6.07) is 8.26.